The number of nitrogens with zero attached hydrogens (tertiary/aromatic N) is 2. The molecule has 1 fully saturated rings. The van der Waals surface area contributed by atoms with Crippen molar-refractivity contribution in [3.63, 3.8) is 0 Å². The molecule has 0 unspecified atom stereocenters. The van der Waals surface area contributed by atoms with E-state index in [1.54, 1.807) is 0 Å². The van der Waals surface area contributed by atoms with Crippen LogP contribution in [0.1, 0.15) is 61.5 Å². The van der Waals surface area contributed by atoms with E-state index in [0.717, 1.165) is 49.2 Å². The molecule has 4 nitrogen and oxygen atoms in total. The van der Waals surface area contributed by atoms with Crippen molar-refractivity contribution in [2.24, 2.45) is 0 Å². The lowest BCUT2D eigenvalue weighted by molar-refractivity contribution is 0.0611. The zero-order valence-corrected chi connectivity index (χ0v) is 15.1. The Morgan fingerprint density at radius 2 is 2.04 bits per heavy atom. The minimum atomic E-state index is 0.117. The first-order chi connectivity index (χ1) is 12.2. The number of carbonyl (C=O) groups is 1. The lowest BCUT2D eigenvalue weighted by atomic mass is 9.95. The van der Waals surface area contributed by atoms with Crippen LogP contribution >= 0.6 is 0 Å². The molecule has 1 saturated heterocycles. The summed E-state index contributed by atoms with van der Waals surface area (Å²) in [5, 5.41) is 3.39. The quantitative estimate of drug-likeness (QED) is 0.863. The van der Waals surface area contributed by atoms with Crippen LogP contribution in [0.2, 0.25) is 0 Å². The van der Waals surface area contributed by atoms with E-state index >= 15 is 0 Å². The number of benzene rings is 1. The molecule has 0 bridgehead atoms. The van der Waals surface area contributed by atoms with Crippen molar-refractivity contribution in [2.45, 2.75) is 51.6 Å². The van der Waals surface area contributed by atoms with Gasteiger partial charge in [0.15, 0.2) is 0 Å². The Hall–Kier alpha value is -2.36. The zero-order valence-electron chi connectivity index (χ0n) is 15.1. The Labute approximate surface area is 150 Å². The Bertz CT molecular complexity index is 684. The third-order valence-corrected chi connectivity index (χ3v) is 4.96. The minimum absolute atomic E-state index is 0.117. The molecule has 2 aromatic rings. The molecule has 0 aliphatic carbocycles. The Morgan fingerprint density at radius 1 is 1.24 bits per heavy atom. The lowest BCUT2D eigenvalue weighted by Gasteiger charge is -2.36. The molecule has 25 heavy (non-hydrogen) atoms. The highest BCUT2D eigenvalue weighted by Gasteiger charge is 2.28. The van der Waals surface area contributed by atoms with Gasteiger partial charge in [0, 0.05) is 24.3 Å². The molecule has 0 saturated carbocycles. The molecular formula is C21H27N3O. The number of rotatable bonds is 5. The minimum Gasteiger partial charge on any atom is -0.368 e. The van der Waals surface area contributed by atoms with Crippen LogP contribution in [-0.2, 0) is 0 Å². The van der Waals surface area contributed by atoms with Gasteiger partial charge in [-0.05, 0) is 56.4 Å². The number of nitrogens with one attached hydrogen (secondary N) is 1. The fourth-order valence-corrected chi connectivity index (χ4v) is 3.31. The fraction of sp³-hybridized carbons (Fsp3) is 0.429. The van der Waals surface area contributed by atoms with Crippen molar-refractivity contribution in [1.29, 1.82) is 0 Å². The van der Waals surface area contributed by atoms with Gasteiger partial charge in [0.25, 0.3) is 5.91 Å². The van der Waals surface area contributed by atoms with Gasteiger partial charge in [-0.1, -0.05) is 31.2 Å². The summed E-state index contributed by atoms with van der Waals surface area (Å²) in [5.41, 5.74) is 1.89. The summed E-state index contributed by atoms with van der Waals surface area (Å²) in [7, 11) is 0. The van der Waals surface area contributed by atoms with Crippen LogP contribution in [0.3, 0.4) is 0 Å². The van der Waals surface area contributed by atoms with E-state index in [9.17, 15) is 4.79 Å². The van der Waals surface area contributed by atoms with Gasteiger partial charge in [-0.15, -0.1) is 0 Å². The zero-order chi connectivity index (χ0) is 17.6. The van der Waals surface area contributed by atoms with Gasteiger partial charge in [-0.3, -0.25) is 4.79 Å². The summed E-state index contributed by atoms with van der Waals surface area (Å²) in [6, 6.07) is 14.2. The third-order valence-electron chi connectivity index (χ3n) is 4.96. The van der Waals surface area contributed by atoms with Crippen LogP contribution in [0.25, 0.3) is 0 Å². The SMILES string of the molecule is CC[C@H](C)Nc1ccc([C@H]2CCCCN2C(=O)c2ccccc2)cn1. The van der Waals surface area contributed by atoms with E-state index in [0.29, 0.717) is 6.04 Å². The van der Waals surface area contributed by atoms with E-state index in [1.807, 2.05) is 47.5 Å². The number of piperidine rings is 1. The molecule has 1 aromatic carbocycles. The van der Waals surface area contributed by atoms with Gasteiger partial charge in [-0.25, -0.2) is 4.98 Å². The highest BCUT2D eigenvalue weighted by atomic mass is 16.2. The maximum absolute atomic E-state index is 12.9. The molecule has 2 atom stereocenters. The number of aromatic nitrogens is 1. The summed E-state index contributed by atoms with van der Waals surface area (Å²) < 4.78 is 0. The Kier molecular flexibility index (Phi) is 5.69. The van der Waals surface area contributed by atoms with Crippen LogP contribution in [-0.4, -0.2) is 28.4 Å². The summed E-state index contributed by atoms with van der Waals surface area (Å²) in [6.07, 6.45) is 6.20. The molecule has 0 spiro atoms. The van der Waals surface area contributed by atoms with Crippen molar-refractivity contribution in [1.82, 2.24) is 9.88 Å². The van der Waals surface area contributed by atoms with Crippen LogP contribution in [0.4, 0.5) is 5.82 Å². The number of likely N-dealkylation sites (tertiary alicyclic amines) is 1. The molecule has 2 heterocycles. The van der Waals surface area contributed by atoms with E-state index in [4.69, 9.17) is 0 Å². The molecule has 1 N–H and O–H groups in total. The van der Waals surface area contributed by atoms with Gasteiger partial charge in [0.2, 0.25) is 0 Å². The standard InChI is InChI=1S/C21H27N3O/c1-3-16(2)23-20-13-12-18(15-22-20)19-11-7-8-14-24(19)21(25)17-9-5-4-6-10-17/h4-6,9-10,12-13,15-16,19H,3,7-8,11,14H2,1-2H3,(H,22,23)/t16-,19+/m0/s1. The number of anilines is 1. The largest absolute Gasteiger partial charge is 0.368 e. The molecule has 132 valence electrons. The molecular weight excluding hydrogens is 310 g/mol. The summed E-state index contributed by atoms with van der Waals surface area (Å²) in [6.45, 7) is 5.11. The number of hydrogen-bond donors (Lipinski definition) is 1. The monoisotopic (exact) mass is 337 g/mol. The summed E-state index contributed by atoms with van der Waals surface area (Å²) in [5.74, 6) is 1.02. The number of hydrogen-bond acceptors (Lipinski definition) is 3. The molecule has 1 aromatic heterocycles. The van der Waals surface area contributed by atoms with Crippen LogP contribution < -0.4 is 5.32 Å². The molecule has 1 amide bonds. The fourth-order valence-electron chi connectivity index (χ4n) is 3.31. The second-order valence-corrected chi connectivity index (χ2v) is 6.81. The molecule has 4 heteroatoms. The van der Waals surface area contributed by atoms with E-state index in [1.165, 1.54) is 0 Å². The molecule has 1 aliphatic rings. The lowest BCUT2D eigenvalue weighted by Crippen LogP contribution is -2.38. The van der Waals surface area contributed by atoms with Gasteiger partial charge in [-0.2, -0.15) is 0 Å². The number of amides is 1. The number of pyridine rings is 1. The van der Waals surface area contributed by atoms with Crippen molar-refractivity contribution in [3.05, 3.63) is 59.8 Å². The summed E-state index contributed by atoms with van der Waals surface area (Å²) in [4.78, 5) is 19.5. The highest BCUT2D eigenvalue weighted by Crippen LogP contribution is 2.32. The first-order valence-corrected chi connectivity index (χ1v) is 9.27. The van der Waals surface area contributed by atoms with Gasteiger partial charge < -0.3 is 10.2 Å². The topological polar surface area (TPSA) is 45.2 Å². The highest BCUT2D eigenvalue weighted by molar-refractivity contribution is 5.94. The van der Waals surface area contributed by atoms with Crippen LogP contribution in [0, 0.1) is 0 Å². The van der Waals surface area contributed by atoms with Crippen LogP contribution in [0.5, 0.6) is 0 Å². The Balaban J connectivity index is 1.78. The van der Waals surface area contributed by atoms with Crippen molar-refractivity contribution in [2.75, 3.05) is 11.9 Å². The smallest absolute Gasteiger partial charge is 0.254 e. The van der Waals surface area contributed by atoms with Gasteiger partial charge >= 0.3 is 0 Å². The van der Waals surface area contributed by atoms with Gasteiger partial charge in [0.1, 0.15) is 5.82 Å². The third kappa shape index (κ3) is 4.19. The average molecular weight is 337 g/mol. The molecule has 1 aliphatic heterocycles. The maximum atomic E-state index is 12.9. The second-order valence-electron chi connectivity index (χ2n) is 6.81. The van der Waals surface area contributed by atoms with Crippen LogP contribution in [0.15, 0.2) is 48.7 Å². The number of carbonyl (C=O) groups excluding carboxylic acids is 1. The first-order valence-electron chi connectivity index (χ1n) is 9.27. The van der Waals surface area contributed by atoms with Gasteiger partial charge in [0.05, 0.1) is 6.04 Å². The predicted molar refractivity (Wildman–Crippen MR) is 102 cm³/mol. The van der Waals surface area contributed by atoms with Crippen molar-refractivity contribution in [3.8, 4) is 0 Å². The van der Waals surface area contributed by atoms with E-state index < -0.39 is 0 Å². The van der Waals surface area contributed by atoms with Crippen molar-refractivity contribution >= 4 is 11.7 Å². The first kappa shape index (κ1) is 17.5. The molecule has 0 radical (unpaired) electrons. The van der Waals surface area contributed by atoms with E-state index in [-0.39, 0.29) is 11.9 Å². The second kappa shape index (κ2) is 8.15. The average Bonchev–Trinajstić information content (AvgIpc) is 2.68. The van der Waals surface area contributed by atoms with E-state index in [2.05, 4.69) is 30.2 Å². The predicted octanol–water partition coefficient (Wildman–Crippen LogP) is 4.66. The van der Waals surface area contributed by atoms with Crippen molar-refractivity contribution < 1.29 is 4.79 Å². The molecule has 3 rings (SSSR count). The maximum Gasteiger partial charge on any atom is 0.254 e. The normalized spacial score (nSPS) is 18.6. The summed E-state index contributed by atoms with van der Waals surface area (Å²) >= 11 is 0. The Morgan fingerprint density at radius 3 is 2.72 bits per heavy atom.